The molecule has 102 valence electrons. The second-order valence-corrected chi connectivity index (χ2v) is 5.60. The molecule has 0 saturated carbocycles. The smallest absolute Gasteiger partial charge is 0.0860 e. The molecule has 18 heavy (non-hydrogen) atoms. The molecule has 1 aromatic rings. The summed E-state index contributed by atoms with van der Waals surface area (Å²) in [4.78, 5) is 2.41. The average Bonchev–Trinajstić information content (AvgIpc) is 2.58. The number of halogens is 1. The normalized spacial score (nSPS) is 21.3. The summed E-state index contributed by atoms with van der Waals surface area (Å²) >= 11 is 6.31. The van der Waals surface area contributed by atoms with Crippen LogP contribution in [0.15, 0.2) is 0 Å². The Hall–Kier alpha value is -0.580. The van der Waals surface area contributed by atoms with Crippen molar-refractivity contribution in [1.82, 2.24) is 20.0 Å². The lowest BCUT2D eigenvalue weighted by Crippen LogP contribution is -2.32. The van der Waals surface area contributed by atoms with Crippen molar-refractivity contribution in [1.29, 1.82) is 0 Å². The van der Waals surface area contributed by atoms with Crippen LogP contribution in [0.1, 0.15) is 30.7 Å². The van der Waals surface area contributed by atoms with Gasteiger partial charge in [0, 0.05) is 19.6 Å². The fraction of sp³-hybridized carbons (Fsp3) is 0.769. The van der Waals surface area contributed by atoms with Gasteiger partial charge < -0.3 is 5.32 Å². The quantitative estimate of drug-likeness (QED) is 0.912. The molecule has 2 rings (SSSR count). The minimum atomic E-state index is 0.645. The van der Waals surface area contributed by atoms with Crippen molar-refractivity contribution in [2.75, 3.05) is 20.1 Å². The number of aryl methyl sites for hydroxylation is 2. The van der Waals surface area contributed by atoms with E-state index in [1.165, 1.54) is 19.3 Å². The van der Waals surface area contributed by atoms with Crippen molar-refractivity contribution >= 4 is 11.6 Å². The monoisotopic (exact) mass is 270 g/mol. The molecular weight excluding hydrogens is 248 g/mol. The Morgan fingerprint density at radius 3 is 2.89 bits per heavy atom. The molecule has 0 spiro atoms. The van der Waals surface area contributed by atoms with Crippen LogP contribution in [0.4, 0.5) is 0 Å². The standard InChI is InChI=1S/C13H23ClN4/c1-10-13(14)12(18(3)16-10)9-17(2)11-5-4-7-15-8-6-11/h11,15H,4-9H2,1-3H3. The van der Waals surface area contributed by atoms with Crippen molar-refractivity contribution in [2.24, 2.45) is 7.05 Å². The SMILES string of the molecule is Cc1nn(C)c(CN(C)C2CCCNCC2)c1Cl. The fourth-order valence-electron chi connectivity index (χ4n) is 2.66. The molecule has 1 N–H and O–H groups in total. The van der Waals surface area contributed by atoms with Crippen LogP contribution in [-0.2, 0) is 13.6 Å². The molecule has 4 nitrogen and oxygen atoms in total. The Morgan fingerprint density at radius 1 is 1.44 bits per heavy atom. The lowest BCUT2D eigenvalue weighted by atomic mass is 10.1. The zero-order valence-corrected chi connectivity index (χ0v) is 12.3. The van der Waals surface area contributed by atoms with E-state index < -0.39 is 0 Å². The maximum atomic E-state index is 6.31. The molecule has 2 heterocycles. The van der Waals surface area contributed by atoms with E-state index in [0.717, 1.165) is 36.0 Å². The van der Waals surface area contributed by atoms with Gasteiger partial charge in [0.15, 0.2) is 0 Å². The predicted octanol–water partition coefficient (Wildman–Crippen LogP) is 1.96. The van der Waals surface area contributed by atoms with Crippen LogP contribution in [0.2, 0.25) is 5.02 Å². The fourth-order valence-corrected chi connectivity index (χ4v) is 2.88. The molecule has 0 amide bonds. The molecule has 0 aliphatic carbocycles. The summed E-state index contributed by atoms with van der Waals surface area (Å²) in [6, 6.07) is 0.645. The molecular formula is C13H23ClN4. The third kappa shape index (κ3) is 3.05. The van der Waals surface area contributed by atoms with E-state index >= 15 is 0 Å². The van der Waals surface area contributed by atoms with Gasteiger partial charge >= 0.3 is 0 Å². The number of hydrogen-bond donors (Lipinski definition) is 1. The predicted molar refractivity (Wildman–Crippen MR) is 74.9 cm³/mol. The van der Waals surface area contributed by atoms with E-state index in [1.54, 1.807) is 0 Å². The van der Waals surface area contributed by atoms with Crippen molar-refractivity contribution in [2.45, 2.75) is 38.8 Å². The molecule has 1 atom stereocenters. The van der Waals surface area contributed by atoms with Crippen molar-refractivity contribution in [3.63, 3.8) is 0 Å². The van der Waals surface area contributed by atoms with E-state index in [-0.39, 0.29) is 0 Å². The van der Waals surface area contributed by atoms with Gasteiger partial charge in [-0.3, -0.25) is 9.58 Å². The summed E-state index contributed by atoms with van der Waals surface area (Å²) in [7, 11) is 4.16. The highest BCUT2D eigenvalue weighted by atomic mass is 35.5. The molecule has 1 aliphatic heterocycles. The van der Waals surface area contributed by atoms with Crippen molar-refractivity contribution in [3.05, 3.63) is 16.4 Å². The second kappa shape index (κ2) is 6.04. The highest BCUT2D eigenvalue weighted by molar-refractivity contribution is 6.31. The van der Waals surface area contributed by atoms with E-state index in [4.69, 9.17) is 11.6 Å². The Kier molecular flexibility index (Phi) is 4.65. The van der Waals surface area contributed by atoms with Gasteiger partial charge in [0.2, 0.25) is 0 Å². The molecule has 1 unspecified atom stereocenters. The van der Waals surface area contributed by atoms with Crippen molar-refractivity contribution in [3.8, 4) is 0 Å². The van der Waals surface area contributed by atoms with E-state index in [9.17, 15) is 0 Å². The van der Waals surface area contributed by atoms with Crippen LogP contribution >= 0.6 is 11.6 Å². The van der Waals surface area contributed by atoms with E-state index in [2.05, 4.69) is 22.4 Å². The Balaban J connectivity index is 2.03. The van der Waals surface area contributed by atoms with Gasteiger partial charge in [0.1, 0.15) is 0 Å². The van der Waals surface area contributed by atoms with Crippen LogP contribution in [0.5, 0.6) is 0 Å². The Labute approximate surface area is 114 Å². The minimum absolute atomic E-state index is 0.645. The zero-order chi connectivity index (χ0) is 13.1. The molecule has 0 bridgehead atoms. The molecule has 0 radical (unpaired) electrons. The third-order valence-corrected chi connectivity index (χ3v) is 4.32. The lowest BCUT2D eigenvalue weighted by Gasteiger charge is -2.26. The first kappa shape index (κ1) is 13.8. The van der Waals surface area contributed by atoms with E-state index in [1.807, 2.05) is 18.7 Å². The molecule has 1 aliphatic rings. The Morgan fingerprint density at radius 2 is 2.22 bits per heavy atom. The van der Waals surface area contributed by atoms with Crippen LogP contribution in [0.3, 0.4) is 0 Å². The maximum absolute atomic E-state index is 6.31. The molecule has 1 aromatic heterocycles. The topological polar surface area (TPSA) is 33.1 Å². The highest BCUT2D eigenvalue weighted by Gasteiger charge is 2.20. The molecule has 1 fully saturated rings. The molecule has 5 heteroatoms. The average molecular weight is 271 g/mol. The molecule has 1 saturated heterocycles. The molecule has 0 aromatic carbocycles. The first-order chi connectivity index (χ1) is 8.59. The summed E-state index contributed by atoms with van der Waals surface area (Å²) in [6.45, 7) is 5.10. The van der Waals surface area contributed by atoms with Crippen LogP contribution in [-0.4, -0.2) is 40.9 Å². The maximum Gasteiger partial charge on any atom is 0.0860 e. The first-order valence-electron chi connectivity index (χ1n) is 6.68. The number of aromatic nitrogens is 2. The highest BCUT2D eigenvalue weighted by Crippen LogP contribution is 2.22. The summed E-state index contributed by atoms with van der Waals surface area (Å²) in [5, 5.41) is 8.64. The number of nitrogens with zero attached hydrogens (tertiary/aromatic N) is 3. The van der Waals surface area contributed by atoms with Gasteiger partial charge in [-0.15, -0.1) is 0 Å². The first-order valence-corrected chi connectivity index (χ1v) is 7.06. The van der Waals surface area contributed by atoms with E-state index in [0.29, 0.717) is 6.04 Å². The van der Waals surface area contributed by atoms with Gasteiger partial charge in [-0.05, 0) is 46.3 Å². The van der Waals surface area contributed by atoms with Gasteiger partial charge in [-0.25, -0.2) is 0 Å². The third-order valence-electron chi connectivity index (χ3n) is 3.83. The minimum Gasteiger partial charge on any atom is -0.317 e. The van der Waals surface area contributed by atoms with Crippen LogP contribution < -0.4 is 5.32 Å². The summed E-state index contributed by atoms with van der Waals surface area (Å²) in [5.74, 6) is 0. The van der Waals surface area contributed by atoms with Crippen molar-refractivity contribution < 1.29 is 0 Å². The summed E-state index contributed by atoms with van der Waals surface area (Å²) in [5.41, 5.74) is 2.04. The number of nitrogens with one attached hydrogen (secondary N) is 1. The van der Waals surface area contributed by atoms with Gasteiger partial charge in [0.25, 0.3) is 0 Å². The van der Waals surface area contributed by atoms with Crippen LogP contribution in [0.25, 0.3) is 0 Å². The Bertz CT molecular complexity index is 394. The summed E-state index contributed by atoms with van der Waals surface area (Å²) in [6.07, 6.45) is 3.73. The largest absolute Gasteiger partial charge is 0.317 e. The number of rotatable bonds is 3. The van der Waals surface area contributed by atoms with Gasteiger partial charge in [0.05, 0.1) is 16.4 Å². The lowest BCUT2D eigenvalue weighted by molar-refractivity contribution is 0.211. The van der Waals surface area contributed by atoms with Crippen LogP contribution in [0, 0.1) is 6.92 Å². The second-order valence-electron chi connectivity index (χ2n) is 5.22. The number of hydrogen-bond acceptors (Lipinski definition) is 3. The van der Waals surface area contributed by atoms with Gasteiger partial charge in [-0.2, -0.15) is 5.10 Å². The summed E-state index contributed by atoms with van der Waals surface area (Å²) < 4.78 is 1.91. The zero-order valence-electron chi connectivity index (χ0n) is 11.5. The van der Waals surface area contributed by atoms with Gasteiger partial charge in [-0.1, -0.05) is 11.6 Å².